The molecule has 0 spiro atoms. The topological polar surface area (TPSA) is 66.0 Å². The van der Waals surface area contributed by atoms with E-state index in [2.05, 4.69) is 10.1 Å². The number of aromatic nitrogens is 3. The van der Waals surface area contributed by atoms with Gasteiger partial charge in [0.05, 0.1) is 12.3 Å². The number of nitrogens with zero attached hydrogens (tertiary/aromatic N) is 3. The average molecular weight is 246 g/mol. The van der Waals surface area contributed by atoms with Gasteiger partial charge in [-0.3, -0.25) is 9.67 Å². The number of aryl methyl sites for hydroxylation is 1. The van der Waals surface area contributed by atoms with Crippen LogP contribution in [0.25, 0.3) is 0 Å². The zero-order valence-corrected chi connectivity index (χ0v) is 10.7. The Balaban J connectivity index is 2.26. The molecule has 2 aromatic rings. The van der Waals surface area contributed by atoms with E-state index in [9.17, 15) is 0 Å². The molecular formula is C13H18N4O. The molecule has 0 aliphatic carbocycles. The Bertz CT molecular complexity index is 481. The number of hydrogen-bond acceptors (Lipinski definition) is 4. The fourth-order valence-corrected chi connectivity index (χ4v) is 1.77. The van der Waals surface area contributed by atoms with Crippen molar-refractivity contribution in [2.45, 2.75) is 19.1 Å². The maximum absolute atomic E-state index is 5.89. The van der Waals surface area contributed by atoms with E-state index in [1.807, 2.05) is 32.2 Å². The first-order valence-corrected chi connectivity index (χ1v) is 5.93. The van der Waals surface area contributed by atoms with Crippen molar-refractivity contribution < 1.29 is 4.74 Å². The minimum atomic E-state index is -0.183. The first-order chi connectivity index (χ1) is 8.68. The van der Waals surface area contributed by atoms with Gasteiger partial charge in [-0.05, 0) is 19.1 Å². The highest BCUT2D eigenvalue weighted by Crippen LogP contribution is 2.24. The van der Waals surface area contributed by atoms with Crippen molar-refractivity contribution in [3.63, 3.8) is 0 Å². The van der Waals surface area contributed by atoms with Crippen LogP contribution < -0.4 is 5.73 Å². The summed E-state index contributed by atoms with van der Waals surface area (Å²) in [5.41, 5.74) is 7.74. The SMILES string of the molecule is CC(N)COC(c1cccnc1)c1ccnn1C. The molecule has 0 amide bonds. The minimum absolute atomic E-state index is 0.00241. The number of ether oxygens (including phenoxy) is 1. The molecule has 5 nitrogen and oxygen atoms in total. The maximum atomic E-state index is 5.89. The van der Waals surface area contributed by atoms with Gasteiger partial charge >= 0.3 is 0 Å². The summed E-state index contributed by atoms with van der Waals surface area (Å²) in [4.78, 5) is 4.13. The Morgan fingerprint density at radius 3 is 2.78 bits per heavy atom. The molecule has 0 bridgehead atoms. The molecule has 0 saturated heterocycles. The highest BCUT2D eigenvalue weighted by Gasteiger charge is 2.18. The maximum Gasteiger partial charge on any atom is 0.126 e. The largest absolute Gasteiger partial charge is 0.366 e. The van der Waals surface area contributed by atoms with Crippen LogP contribution in [0.1, 0.15) is 24.3 Å². The lowest BCUT2D eigenvalue weighted by atomic mass is 10.1. The van der Waals surface area contributed by atoms with Gasteiger partial charge in [0.2, 0.25) is 0 Å². The number of rotatable bonds is 5. The van der Waals surface area contributed by atoms with Gasteiger partial charge in [0.25, 0.3) is 0 Å². The number of nitrogens with two attached hydrogens (primary N) is 1. The molecule has 2 unspecified atom stereocenters. The molecule has 5 heteroatoms. The third-order valence-corrected chi connectivity index (χ3v) is 2.64. The molecule has 0 aromatic carbocycles. The predicted molar refractivity (Wildman–Crippen MR) is 68.9 cm³/mol. The van der Waals surface area contributed by atoms with Crippen LogP contribution in [0.2, 0.25) is 0 Å². The van der Waals surface area contributed by atoms with E-state index in [0.717, 1.165) is 11.3 Å². The second kappa shape index (κ2) is 5.75. The third kappa shape index (κ3) is 2.94. The zero-order valence-electron chi connectivity index (χ0n) is 10.7. The molecule has 0 fully saturated rings. The summed E-state index contributed by atoms with van der Waals surface area (Å²) in [5.74, 6) is 0. The van der Waals surface area contributed by atoms with Gasteiger partial charge in [-0.25, -0.2) is 0 Å². The lowest BCUT2D eigenvalue weighted by Crippen LogP contribution is -2.24. The highest BCUT2D eigenvalue weighted by atomic mass is 16.5. The van der Waals surface area contributed by atoms with Crippen molar-refractivity contribution in [2.75, 3.05) is 6.61 Å². The van der Waals surface area contributed by atoms with Crippen LogP contribution in [-0.2, 0) is 11.8 Å². The standard InChI is InChI=1S/C13H18N4O/c1-10(14)9-18-13(11-4-3-6-15-8-11)12-5-7-16-17(12)2/h3-8,10,13H,9,14H2,1-2H3. The first kappa shape index (κ1) is 12.7. The normalized spacial score (nSPS) is 14.4. The van der Waals surface area contributed by atoms with Gasteiger partial charge in [-0.15, -0.1) is 0 Å². The van der Waals surface area contributed by atoms with Crippen LogP contribution in [0, 0.1) is 0 Å². The molecule has 2 aromatic heterocycles. The molecule has 2 atom stereocenters. The van der Waals surface area contributed by atoms with Gasteiger partial charge in [0.1, 0.15) is 6.10 Å². The van der Waals surface area contributed by atoms with E-state index in [4.69, 9.17) is 10.5 Å². The molecule has 18 heavy (non-hydrogen) atoms. The fourth-order valence-electron chi connectivity index (χ4n) is 1.77. The Hall–Kier alpha value is -1.72. The monoisotopic (exact) mass is 246 g/mol. The van der Waals surface area contributed by atoms with E-state index < -0.39 is 0 Å². The average Bonchev–Trinajstić information content (AvgIpc) is 2.77. The Kier molecular flexibility index (Phi) is 4.07. The van der Waals surface area contributed by atoms with E-state index in [0.29, 0.717) is 6.61 Å². The Morgan fingerprint density at radius 1 is 1.39 bits per heavy atom. The Labute approximate surface area is 107 Å². The second-order valence-corrected chi connectivity index (χ2v) is 4.36. The molecule has 0 aliphatic heterocycles. The summed E-state index contributed by atoms with van der Waals surface area (Å²) in [7, 11) is 1.90. The van der Waals surface area contributed by atoms with Crippen LogP contribution in [0.5, 0.6) is 0 Å². The summed E-state index contributed by atoms with van der Waals surface area (Å²) in [6, 6.07) is 5.83. The van der Waals surface area contributed by atoms with Crippen LogP contribution >= 0.6 is 0 Å². The zero-order chi connectivity index (χ0) is 13.0. The predicted octanol–water partition coefficient (Wildman–Crippen LogP) is 1.27. The molecule has 2 heterocycles. The van der Waals surface area contributed by atoms with Crippen molar-refractivity contribution in [3.8, 4) is 0 Å². The first-order valence-electron chi connectivity index (χ1n) is 5.93. The lowest BCUT2D eigenvalue weighted by Gasteiger charge is -2.19. The van der Waals surface area contributed by atoms with Gasteiger partial charge in [0, 0.05) is 37.2 Å². The molecule has 0 saturated carbocycles. The van der Waals surface area contributed by atoms with E-state index in [1.165, 1.54) is 0 Å². The molecule has 2 rings (SSSR count). The van der Waals surface area contributed by atoms with Crippen LogP contribution in [0.15, 0.2) is 36.8 Å². The van der Waals surface area contributed by atoms with Gasteiger partial charge in [-0.1, -0.05) is 6.07 Å². The van der Waals surface area contributed by atoms with Crippen molar-refractivity contribution in [1.82, 2.24) is 14.8 Å². The summed E-state index contributed by atoms with van der Waals surface area (Å²) < 4.78 is 7.69. The summed E-state index contributed by atoms with van der Waals surface area (Å²) in [6.45, 7) is 2.41. The van der Waals surface area contributed by atoms with Crippen molar-refractivity contribution in [2.24, 2.45) is 12.8 Å². The minimum Gasteiger partial charge on any atom is -0.366 e. The summed E-state index contributed by atoms with van der Waals surface area (Å²) in [6.07, 6.45) is 5.12. The van der Waals surface area contributed by atoms with Crippen LogP contribution in [-0.4, -0.2) is 27.4 Å². The van der Waals surface area contributed by atoms with E-state index in [1.54, 1.807) is 23.3 Å². The third-order valence-electron chi connectivity index (χ3n) is 2.64. The van der Waals surface area contributed by atoms with Gasteiger partial charge < -0.3 is 10.5 Å². The van der Waals surface area contributed by atoms with Crippen LogP contribution in [0.3, 0.4) is 0 Å². The van der Waals surface area contributed by atoms with Gasteiger partial charge in [-0.2, -0.15) is 5.10 Å². The molecular weight excluding hydrogens is 228 g/mol. The molecule has 0 radical (unpaired) electrons. The molecule has 0 aliphatic rings. The van der Waals surface area contributed by atoms with Crippen molar-refractivity contribution >= 4 is 0 Å². The van der Waals surface area contributed by atoms with E-state index >= 15 is 0 Å². The quantitative estimate of drug-likeness (QED) is 0.862. The summed E-state index contributed by atoms with van der Waals surface area (Å²) in [5, 5.41) is 4.18. The van der Waals surface area contributed by atoms with Crippen molar-refractivity contribution in [1.29, 1.82) is 0 Å². The Morgan fingerprint density at radius 2 is 2.22 bits per heavy atom. The summed E-state index contributed by atoms with van der Waals surface area (Å²) >= 11 is 0. The molecule has 2 N–H and O–H groups in total. The van der Waals surface area contributed by atoms with Crippen LogP contribution in [0.4, 0.5) is 0 Å². The fraction of sp³-hybridized carbons (Fsp3) is 0.385. The smallest absolute Gasteiger partial charge is 0.126 e. The number of pyridine rings is 1. The number of hydrogen-bond donors (Lipinski definition) is 1. The lowest BCUT2D eigenvalue weighted by molar-refractivity contribution is 0.0670. The second-order valence-electron chi connectivity index (χ2n) is 4.36. The van der Waals surface area contributed by atoms with E-state index in [-0.39, 0.29) is 12.1 Å². The highest BCUT2D eigenvalue weighted by molar-refractivity contribution is 5.22. The van der Waals surface area contributed by atoms with Crippen molar-refractivity contribution in [3.05, 3.63) is 48.0 Å². The molecule has 96 valence electrons. The van der Waals surface area contributed by atoms with Gasteiger partial charge in [0.15, 0.2) is 0 Å².